The van der Waals surface area contributed by atoms with E-state index in [1.807, 2.05) is 5.32 Å². The predicted octanol–water partition coefficient (Wildman–Crippen LogP) is 1.37. The maximum absolute atomic E-state index is 3.75. The molecule has 74 valence electrons. The summed E-state index contributed by atoms with van der Waals surface area (Å²) in [4.78, 5) is 3.33. The van der Waals surface area contributed by atoms with Gasteiger partial charge in [0, 0.05) is 23.5 Å². The molecule has 2 rings (SSSR count). The van der Waals surface area contributed by atoms with Crippen molar-refractivity contribution in [2.75, 3.05) is 6.54 Å². The van der Waals surface area contributed by atoms with Crippen molar-refractivity contribution in [3.8, 4) is 0 Å². The second-order valence-electron chi connectivity index (χ2n) is 3.64. The van der Waals surface area contributed by atoms with Crippen LogP contribution in [-0.2, 0) is 6.42 Å². The molecule has 0 unspecified atom stereocenters. The van der Waals surface area contributed by atoms with E-state index in [0.29, 0.717) is 0 Å². The number of fused-ring (bicyclic) bond motifs is 1. The fraction of sp³-hybridized carbons (Fsp3) is 0.250. The molecule has 0 saturated heterocycles. The molecular formula is C12H16N2. The van der Waals surface area contributed by atoms with Gasteiger partial charge < -0.3 is 10.3 Å². The summed E-state index contributed by atoms with van der Waals surface area (Å²) >= 11 is 0. The molecule has 1 aromatic carbocycles. The van der Waals surface area contributed by atoms with Gasteiger partial charge in [-0.25, -0.2) is 0 Å². The Morgan fingerprint density at radius 1 is 1.43 bits per heavy atom. The van der Waals surface area contributed by atoms with Crippen LogP contribution in [0.25, 0.3) is 10.9 Å². The smallest absolute Gasteiger partial charge is 0.0557 e. The lowest BCUT2D eigenvalue weighted by Crippen LogP contribution is -2.77. The first-order chi connectivity index (χ1) is 6.83. The minimum absolute atomic E-state index is 1.04. The van der Waals surface area contributed by atoms with E-state index < -0.39 is 0 Å². The Bertz CT molecular complexity index is 429. The van der Waals surface area contributed by atoms with Gasteiger partial charge >= 0.3 is 0 Å². The number of aryl methyl sites for hydroxylation is 1. The maximum atomic E-state index is 3.75. The molecule has 0 amide bonds. The second-order valence-corrected chi connectivity index (χ2v) is 3.64. The van der Waals surface area contributed by atoms with Crippen molar-refractivity contribution < 1.29 is 5.32 Å². The van der Waals surface area contributed by atoms with Crippen molar-refractivity contribution in [1.82, 2.24) is 4.98 Å². The van der Waals surface area contributed by atoms with Crippen LogP contribution in [-0.4, -0.2) is 11.5 Å². The highest BCUT2D eigenvalue weighted by atomic mass is 14.8. The van der Waals surface area contributed by atoms with Gasteiger partial charge in [-0.05, 0) is 18.1 Å². The van der Waals surface area contributed by atoms with Gasteiger partial charge in [0.05, 0.1) is 6.54 Å². The fourth-order valence-corrected chi connectivity index (χ4v) is 1.83. The Morgan fingerprint density at radius 2 is 2.29 bits per heavy atom. The Hall–Kier alpha value is -1.28. The van der Waals surface area contributed by atoms with Gasteiger partial charge in [-0.15, -0.1) is 0 Å². The number of benzene rings is 1. The number of nitrogens with two attached hydrogens (primary N) is 1. The largest absolute Gasteiger partial charge is 0.479 e. The van der Waals surface area contributed by atoms with Gasteiger partial charge in [-0.3, -0.25) is 0 Å². The molecule has 2 heteroatoms. The van der Waals surface area contributed by atoms with Crippen LogP contribution in [0.5, 0.6) is 0 Å². The topological polar surface area (TPSA) is 32.4 Å². The molecule has 0 aliphatic carbocycles. The molecule has 2 nitrogen and oxygen atoms in total. The van der Waals surface area contributed by atoms with Gasteiger partial charge in [0.2, 0.25) is 0 Å². The predicted molar refractivity (Wildman–Crippen MR) is 58.9 cm³/mol. The van der Waals surface area contributed by atoms with Crippen molar-refractivity contribution in [3.63, 3.8) is 0 Å². The quantitative estimate of drug-likeness (QED) is 0.682. The summed E-state index contributed by atoms with van der Waals surface area (Å²) in [7, 11) is 3.75. The summed E-state index contributed by atoms with van der Waals surface area (Å²) in [6.07, 6.45) is 3.19. The molecular weight excluding hydrogens is 172 g/mol. The molecule has 0 radical (unpaired) electrons. The van der Waals surface area contributed by atoms with Crippen molar-refractivity contribution in [1.29, 1.82) is 0 Å². The lowest BCUT2D eigenvalue weighted by Gasteiger charge is -2.00. The highest BCUT2D eigenvalue weighted by Gasteiger charge is 2.04. The van der Waals surface area contributed by atoms with E-state index in [0.717, 1.165) is 13.0 Å². The maximum Gasteiger partial charge on any atom is 0.0557 e. The summed E-state index contributed by atoms with van der Waals surface area (Å²) in [5.41, 5.74) is 3.97. The summed E-state index contributed by atoms with van der Waals surface area (Å²) in [5, 5.41) is 3.32. The van der Waals surface area contributed by atoms with Crippen LogP contribution >= 0.6 is 0 Å². The van der Waals surface area contributed by atoms with Gasteiger partial charge in [0.1, 0.15) is 0 Å². The highest BCUT2D eigenvalue weighted by Crippen LogP contribution is 2.20. The van der Waals surface area contributed by atoms with Crippen molar-refractivity contribution in [3.05, 3.63) is 42.6 Å². The average Bonchev–Trinajstić information content (AvgIpc) is 2.60. The van der Waals surface area contributed by atoms with Crippen molar-refractivity contribution >= 4 is 10.9 Å². The van der Waals surface area contributed by atoms with E-state index in [-0.39, 0.29) is 0 Å². The van der Waals surface area contributed by atoms with Crippen LogP contribution < -0.4 is 5.32 Å². The van der Waals surface area contributed by atoms with Gasteiger partial charge in [-0.2, -0.15) is 7.05 Å². The molecule has 0 saturated carbocycles. The van der Waals surface area contributed by atoms with E-state index in [4.69, 9.17) is 0 Å². The Balaban J connectivity index is 2.42. The summed E-state index contributed by atoms with van der Waals surface area (Å²) < 4.78 is 0. The molecule has 0 atom stereocenters. The molecule has 1 heterocycles. The fourth-order valence-electron chi connectivity index (χ4n) is 1.83. The highest BCUT2D eigenvalue weighted by molar-refractivity contribution is 5.85. The van der Waals surface area contributed by atoms with Crippen molar-refractivity contribution in [2.24, 2.45) is 0 Å². The number of rotatable bonds is 3. The third-order valence-electron chi connectivity index (χ3n) is 2.63. The molecule has 1 aromatic heterocycles. The van der Waals surface area contributed by atoms with E-state index in [1.165, 1.54) is 22.0 Å². The normalized spacial score (nSPS) is 11.0. The van der Waals surface area contributed by atoms with E-state index in [1.54, 1.807) is 0 Å². The molecule has 0 aliphatic heterocycles. The second kappa shape index (κ2) is 3.84. The number of hydrogen-bond donors (Lipinski definition) is 2. The van der Waals surface area contributed by atoms with Crippen molar-refractivity contribution in [2.45, 2.75) is 13.3 Å². The van der Waals surface area contributed by atoms with E-state index in [2.05, 4.69) is 43.4 Å². The number of para-hydroxylation sites is 1. The Morgan fingerprint density at radius 3 is 3.07 bits per heavy atom. The van der Waals surface area contributed by atoms with E-state index in [9.17, 15) is 0 Å². The lowest BCUT2D eigenvalue weighted by molar-refractivity contribution is -0.594. The lowest BCUT2D eigenvalue weighted by atomic mass is 10.1. The number of hydrogen-bond acceptors (Lipinski definition) is 0. The summed E-state index contributed by atoms with van der Waals surface area (Å²) in [5.74, 6) is 0. The molecule has 0 spiro atoms. The zero-order valence-corrected chi connectivity index (χ0v) is 8.51. The molecule has 0 bridgehead atoms. The first-order valence-corrected chi connectivity index (χ1v) is 4.99. The standard InChI is InChI=1S/C12H16N2/c1-9-4-3-5-11-10(6-7-13-2)8-14-12(9)11/h3-5,8,14H,2,6-7,13H2,1H3. The minimum atomic E-state index is 1.04. The number of aromatic nitrogens is 1. The van der Waals surface area contributed by atoms with Crippen LogP contribution in [0.2, 0.25) is 0 Å². The van der Waals surface area contributed by atoms with Gasteiger partial charge in [0.15, 0.2) is 0 Å². The number of nitrogens with one attached hydrogen (secondary N) is 1. The van der Waals surface area contributed by atoms with Crippen LogP contribution in [0.1, 0.15) is 11.1 Å². The molecule has 14 heavy (non-hydrogen) atoms. The average molecular weight is 188 g/mol. The molecule has 3 N–H and O–H groups in total. The number of aromatic amines is 1. The van der Waals surface area contributed by atoms with Crippen LogP contribution in [0, 0.1) is 14.0 Å². The number of quaternary nitrogens is 1. The van der Waals surface area contributed by atoms with Gasteiger partial charge in [0.25, 0.3) is 0 Å². The van der Waals surface area contributed by atoms with E-state index >= 15 is 0 Å². The minimum Gasteiger partial charge on any atom is -0.479 e. The third-order valence-corrected chi connectivity index (χ3v) is 2.63. The molecule has 0 fully saturated rings. The van der Waals surface area contributed by atoms with Crippen LogP contribution in [0.3, 0.4) is 0 Å². The first kappa shape index (κ1) is 9.28. The SMILES string of the molecule is [CH2-][NH2+]CCc1c[nH]c2c(C)cccc12. The molecule has 2 aromatic rings. The summed E-state index contributed by atoms with van der Waals surface area (Å²) in [6.45, 7) is 3.18. The third kappa shape index (κ3) is 1.53. The Labute approximate surface area is 84.3 Å². The number of H-pyrrole nitrogens is 1. The van der Waals surface area contributed by atoms with Crippen LogP contribution in [0.4, 0.5) is 0 Å². The summed E-state index contributed by atoms with van der Waals surface area (Å²) in [6, 6.07) is 6.43. The molecule has 0 aliphatic rings. The monoisotopic (exact) mass is 188 g/mol. The first-order valence-electron chi connectivity index (χ1n) is 4.99. The zero-order chi connectivity index (χ0) is 9.97. The Kier molecular flexibility index (Phi) is 2.55. The van der Waals surface area contributed by atoms with Crippen LogP contribution in [0.15, 0.2) is 24.4 Å². The zero-order valence-electron chi connectivity index (χ0n) is 8.51. The van der Waals surface area contributed by atoms with Gasteiger partial charge in [-0.1, -0.05) is 18.2 Å².